The number of halogens is 2. The molecule has 0 fully saturated rings. The van der Waals surface area contributed by atoms with Crippen LogP contribution in [-0.2, 0) is 6.61 Å². The average Bonchev–Trinajstić information content (AvgIpc) is 2.73. The van der Waals surface area contributed by atoms with Gasteiger partial charge in [0.2, 0.25) is 11.2 Å². The maximum Gasteiger partial charge on any atom is 0.235 e. The predicted octanol–water partition coefficient (Wildman–Crippen LogP) is 6.46. The molecule has 6 heteroatoms. The highest BCUT2D eigenvalue weighted by Crippen LogP contribution is 2.35. The molecule has 0 radical (unpaired) electrons. The van der Waals surface area contributed by atoms with Gasteiger partial charge in [-0.2, -0.15) is 0 Å². The number of hydrogen-bond acceptors (Lipinski definition) is 4. The van der Waals surface area contributed by atoms with E-state index >= 15 is 0 Å². The smallest absolute Gasteiger partial charge is 0.235 e. The topological polar surface area (TPSA) is 48.7 Å². The summed E-state index contributed by atoms with van der Waals surface area (Å²) >= 11 is 9.54. The van der Waals surface area contributed by atoms with Crippen LogP contribution in [0.25, 0.3) is 22.3 Å². The molecule has 1 heterocycles. The van der Waals surface area contributed by atoms with Crippen LogP contribution < -0.4 is 14.9 Å². The van der Waals surface area contributed by atoms with Gasteiger partial charge in [-0.05, 0) is 64.0 Å². The quantitative estimate of drug-likeness (QED) is 0.335. The van der Waals surface area contributed by atoms with Gasteiger partial charge in [-0.25, -0.2) is 0 Å². The van der Waals surface area contributed by atoms with Crippen LogP contribution >= 0.6 is 27.5 Å². The summed E-state index contributed by atoms with van der Waals surface area (Å²) in [5.74, 6) is 1.19. The van der Waals surface area contributed by atoms with Crippen LogP contribution in [0.2, 0.25) is 5.02 Å². The number of para-hydroxylation sites is 1. The summed E-state index contributed by atoms with van der Waals surface area (Å²) in [6.45, 7) is 0.188. The Labute approximate surface area is 180 Å². The molecule has 0 unspecified atom stereocenters. The first-order valence-electron chi connectivity index (χ1n) is 8.84. The van der Waals surface area contributed by atoms with Crippen molar-refractivity contribution in [2.24, 2.45) is 0 Å². The van der Waals surface area contributed by atoms with Crippen LogP contribution in [0.5, 0.6) is 11.5 Å². The third kappa shape index (κ3) is 4.02. The van der Waals surface area contributed by atoms with Crippen LogP contribution in [0.4, 0.5) is 0 Å². The third-order valence-corrected chi connectivity index (χ3v) is 5.30. The largest absolute Gasteiger partial charge is 0.496 e. The summed E-state index contributed by atoms with van der Waals surface area (Å²) < 4.78 is 18.1. The van der Waals surface area contributed by atoms with E-state index in [-0.39, 0.29) is 17.8 Å². The molecule has 3 aromatic carbocycles. The first-order valence-corrected chi connectivity index (χ1v) is 10.0. The fourth-order valence-electron chi connectivity index (χ4n) is 3.04. The van der Waals surface area contributed by atoms with Gasteiger partial charge < -0.3 is 13.9 Å². The van der Waals surface area contributed by atoms with Crippen molar-refractivity contribution in [2.75, 3.05) is 7.11 Å². The van der Waals surface area contributed by atoms with Gasteiger partial charge in [0.25, 0.3) is 0 Å². The van der Waals surface area contributed by atoms with E-state index in [4.69, 9.17) is 25.5 Å². The molecule has 0 saturated heterocycles. The number of hydrogen-bond donors (Lipinski definition) is 0. The predicted molar refractivity (Wildman–Crippen MR) is 118 cm³/mol. The Bertz CT molecular complexity index is 1250. The van der Waals surface area contributed by atoms with E-state index in [0.29, 0.717) is 33.1 Å². The van der Waals surface area contributed by atoms with Gasteiger partial charge in [0, 0.05) is 10.6 Å². The van der Waals surface area contributed by atoms with Crippen molar-refractivity contribution in [3.63, 3.8) is 0 Å². The van der Waals surface area contributed by atoms with Crippen LogP contribution in [0, 0.1) is 0 Å². The molecule has 1 aromatic heterocycles. The number of benzene rings is 3. The highest BCUT2D eigenvalue weighted by Gasteiger charge is 2.19. The van der Waals surface area contributed by atoms with Gasteiger partial charge in [-0.1, -0.05) is 35.9 Å². The molecule has 0 aliphatic carbocycles. The Kier molecular flexibility index (Phi) is 5.60. The average molecular weight is 472 g/mol. The second kappa shape index (κ2) is 8.31. The fourth-order valence-corrected chi connectivity index (χ4v) is 3.79. The van der Waals surface area contributed by atoms with Gasteiger partial charge in [-0.15, -0.1) is 0 Å². The van der Waals surface area contributed by atoms with Crippen molar-refractivity contribution in [1.82, 2.24) is 0 Å². The van der Waals surface area contributed by atoms with E-state index in [1.807, 2.05) is 30.3 Å². The molecule has 146 valence electrons. The lowest BCUT2D eigenvalue weighted by Gasteiger charge is -2.13. The molecule has 0 bridgehead atoms. The van der Waals surface area contributed by atoms with Crippen LogP contribution in [0.3, 0.4) is 0 Å². The Hall–Kier alpha value is -2.76. The monoisotopic (exact) mass is 470 g/mol. The van der Waals surface area contributed by atoms with Gasteiger partial charge in [-0.3, -0.25) is 4.79 Å². The van der Waals surface area contributed by atoms with Crippen LogP contribution in [0.15, 0.2) is 80.4 Å². The van der Waals surface area contributed by atoms with E-state index in [1.54, 1.807) is 43.5 Å². The van der Waals surface area contributed by atoms with E-state index < -0.39 is 0 Å². The molecule has 0 aliphatic heterocycles. The standard InChI is InChI=1S/C23H16BrClO4/c1-27-20-10-9-15(12-18(20)24)22-23(28-13-14-5-4-6-16(25)11-14)21(26)17-7-2-3-8-19(17)29-22/h2-12H,13H2,1H3. The Morgan fingerprint density at radius 2 is 1.86 bits per heavy atom. The van der Waals surface area contributed by atoms with Crippen LogP contribution in [0.1, 0.15) is 5.56 Å². The maximum absolute atomic E-state index is 13.2. The second-order valence-electron chi connectivity index (χ2n) is 6.35. The minimum atomic E-state index is -0.226. The normalized spacial score (nSPS) is 10.9. The first kappa shape index (κ1) is 19.6. The molecule has 0 atom stereocenters. The van der Waals surface area contributed by atoms with Crippen molar-refractivity contribution in [2.45, 2.75) is 6.61 Å². The van der Waals surface area contributed by atoms with Crippen molar-refractivity contribution in [1.29, 1.82) is 0 Å². The summed E-state index contributed by atoms with van der Waals surface area (Å²) in [4.78, 5) is 13.2. The molecule has 0 N–H and O–H groups in total. The number of ether oxygens (including phenoxy) is 2. The zero-order valence-electron chi connectivity index (χ0n) is 15.4. The lowest BCUT2D eigenvalue weighted by atomic mass is 10.1. The van der Waals surface area contributed by atoms with Gasteiger partial charge in [0.15, 0.2) is 5.76 Å². The molecular weight excluding hydrogens is 456 g/mol. The summed E-state index contributed by atoms with van der Waals surface area (Å²) in [6.07, 6.45) is 0. The second-order valence-corrected chi connectivity index (χ2v) is 7.64. The summed E-state index contributed by atoms with van der Waals surface area (Å²) in [5.41, 5.74) is 1.82. The molecule has 4 nitrogen and oxygen atoms in total. The Morgan fingerprint density at radius 3 is 2.62 bits per heavy atom. The molecule has 0 spiro atoms. The minimum absolute atomic E-state index is 0.153. The lowest BCUT2D eigenvalue weighted by molar-refractivity contribution is 0.298. The van der Waals surface area contributed by atoms with Crippen molar-refractivity contribution >= 4 is 38.5 Å². The molecule has 0 saturated carbocycles. The molecule has 4 rings (SSSR count). The summed E-state index contributed by atoms with van der Waals surface area (Å²) in [5, 5.41) is 1.07. The first-order chi connectivity index (χ1) is 14.1. The highest BCUT2D eigenvalue weighted by molar-refractivity contribution is 9.10. The summed E-state index contributed by atoms with van der Waals surface area (Å²) in [7, 11) is 1.59. The SMILES string of the molecule is COc1ccc(-c2oc3ccccc3c(=O)c2OCc2cccc(Cl)c2)cc1Br. The van der Waals surface area contributed by atoms with E-state index in [2.05, 4.69) is 15.9 Å². The Morgan fingerprint density at radius 1 is 1.03 bits per heavy atom. The fraction of sp³-hybridized carbons (Fsp3) is 0.0870. The molecule has 29 heavy (non-hydrogen) atoms. The van der Waals surface area contributed by atoms with Gasteiger partial charge >= 0.3 is 0 Å². The molecular formula is C23H16BrClO4. The number of rotatable bonds is 5. The van der Waals surface area contributed by atoms with Crippen LogP contribution in [-0.4, -0.2) is 7.11 Å². The Balaban J connectivity index is 1.84. The van der Waals surface area contributed by atoms with E-state index in [0.717, 1.165) is 10.0 Å². The number of fused-ring (bicyclic) bond motifs is 1. The lowest BCUT2D eigenvalue weighted by Crippen LogP contribution is -2.10. The number of methoxy groups -OCH3 is 1. The van der Waals surface area contributed by atoms with Gasteiger partial charge in [0.1, 0.15) is 17.9 Å². The summed E-state index contributed by atoms with van der Waals surface area (Å²) in [6, 6.07) is 19.9. The van der Waals surface area contributed by atoms with Crippen molar-refractivity contribution < 1.29 is 13.9 Å². The third-order valence-electron chi connectivity index (χ3n) is 4.44. The zero-order chi connectivity index (χ0) is 20.4. The molecule has 0 aliphatic rings. The molecule has 4 aromatic rings. The molecule has 0 amide bonds. The van der Waals surface area contributed by atoms with E-state index in [9.17, 15) is 4.79 Å². The minimum Gasteiger partial charge on any atom is -0.496 e. The van der Waals surface area contributed by atoms with Crippen molar-refractivity contribution in [3.05, 3.63) is 92.0 Å². The highest BCUT2D eigenvalue weighted by atomic mass is 79.9. The maximum atomic E-state index is 13.2. The van der Waals surface area contributed by atoms with Gasteiger partial charge in [0.05, 0.1) is 17.0 Å². The van der Waals surface area contributed by atoms with E-state index in [1.165, 1.54) is 0 Å². The zero-order valence-corrected chi connectivity index (χ0v) is 17.8. The van der Waals surface area contributed by atoms with Crippen molar-refractivity contribution in [3.8, 4) is 22.8 Å².